The zero-order chi connectivity index (χ0) is 17.5. The number of fused-ring (bicyclic) bond motifs is 1. The van der Waals surface area contributed by atoms with Gasteiger partial charge >= 0.3 is 5.76 Å². The van der Waals surface area contributed by atoms with E-state index in [9.17, 15) is 17.2 Å². The number of benzene rings is 2. The molecule has 3 rings (SSSR count). The first-order chi connectivity index (χ1) is 11.3. The number of nitrogens with zero attached hydrogens (tertiary/aromatic N) is 2. The number of alkyl halides is 2. The lowest BCUT2D eigenvalue weighted by molar-refractivity contribution is 0.234. The average Bonchev–Trinajstić information content (AvgIpc) is 2.82. The number of nitrogens with one attached hydrogen (secondary N) is 1. The van der Waals surface area contributed by atoms with Crippen molar-refractivity contribution in [2.24, 2.45) is 7.05 Å². The molecule has 5 nitrogen and oxygen atoms in total. The first-order valence-electron chi connectivity index (χ1n) is 7.11. The molecule has 1 N–H and O–H groups in total. The van der Waals surface area contributed by atoms with Gasteiger partial charge in [0.2, 0.25) is 9.84 Å². The van der Waals surface area contributed by atoms with Crippen LogP contribution in [0, 0.1) is 6.92 Å². The molecule has 8 heteroatoms. The highest BCUT2D eigenvalue weighted by Crippen LogP contribution is 2.24. The Balaban J connectivity index is 1.86. The minimum absolute atomic E-state index is 0.404. The van der Waals surface area contributed by atoms with Crippen molar-refractivity contribution in [3.8, 4) is 0 Å². The standard InChI is InChI=1S/C16H15F2N3O2S/c1-10-19-14-9-12(5-8-15(14)21(10)2)20-11-3-6-13(7-4-11)24(22,23)16(17)18/h3-9,16,20H,1-2H3. The van der Waals surface area contributed by atoms with E-state index in [-0.39, 0.29) is 0 Å². The second-order valence-electron chi connectivity index (χ2n) is 5.38. The molecule has 1 aromatic heterocycles. The summed E-state index contributed by atoms with van der Waals surface area (Å²) in [5, 5.41) is 3.10. The smallest absolute Gasteiger partial charge is 0.341 e. The maximum absolute atomic E-state index is 12.5. The number of imidazole rings is 1. The normalized spacial score (nSPS) is 12.0. The van der Waals surface area contributed by atoms with E-state index in [0.717, 1.165) is 34.7 Å². The first kappa shape index (κ1) is 16.4. The van der Waals surface area contributed by atoms with Gasteiger partial charge in [-0.25, -0.2) is 13.4 Å². The van der Waals surface area contributed by atoms with Gasteiger partial charge in [-0.1, -0.05) is 0 Å². The second kappa shape index (κ2) is 5.86. The molecule has 0 bridgehead atoms. The lowest BCUT2D eigenvalue weighted by Crippen LogP contribution is -2.11. The van der Waals surface area contributed by atoms with Crippen LogP contribution >= 0.6 is 0 Å². The van der Waals surface area contributed by atoms with E-state index in [1.807, 2.05) is 36.7 Å². The molecule has 0 atom stereocenters. The molecule has 0 amide bonds. The molecule has 0 aliphatic heterocycles. The van der Waals surface area contributed by atoms with Crippen LogP contribution in [-0.4, -0.2) is 23.7 Å². The molecule has 2 aromatic carbocycles. The Labute approximate surface area is 137 Å². The van der Waals surface area contributed by atoms with Crippen LogP contribution in [0.4, 0.5) is 20.2 Å². The third-order valence-electron chi connectivity index (χ3n) is 3.81. The van der Waals surface area contributed by atoms with Gasteiger partial charge < -0.3 is 9.88 Å². The summed E-state index contributed by atoms with van der Waals surface area (Å²) >= 11 is 0. The summed E-state index contributed by atoms with van der Waals surface area (Å²) in [6.45, 7) is 1.91. The van der Waals surface area contributed by atoms with Crippen LogP contribution in [0.5, 0.6) is 0 Å². The Kier molecular flexibility index (Phi) is 4.00. The van der Waals surface area contributed by atoms with E-state index in [2.05, 4.69) is 10.3 Å². The Morgan fingerprint density at radius 1 is 1.08 bits per heavy atom. The van der Waals surface area contributed by atoms with Gasteiger partial charge in [0.1, 0.15) is 5.82 Å². The fourth-order valence-corrected chi connectivity index (χ4v) is 3.12. The van der Waals surface area contributed by atoms with Crippen LogP contribution in [0.15, 0.2) is 47.4 Å². The van der Waals surface area contributed by atoms with Crippen LogP contribution < -0.4 is 5.32 Å². The molecule has 0 fully saturated rings. The number of sulfone groups is 1. The summed E-state index contributed by atoms with van der Waals surface area (Å²) in [4.78, 5) is 4.04. The Morgan fingerprint density at radius 2 is 1.71 bits per heavy atom. The van der Waals surface area contributed by atoms with Gasteiger partial charge in [0, 0.05) is 18.4 Å². The molecule has 126 valence electrons. The van der Waals surface area contributed by atoms with E-state index in [0.29, 0.717) is 5.69 Å². The maximum atomic E-state index is 12.5. The van der Waals surface area contributed by atoms with Gasteiger partial charge in [0.15, 0.2) is 0 Å². The minimum atomic E-state index is -4.57. The average molecular weight is 351 g/mol. The predicted molar refractivity (Wildman–Crippen MR) is 88.4 cm³/mol. The quantitative estimate of drug-likeness (QED) is 0.780. The number of halogens is 2. The van der Waals surface area contributed by atoms with Crippen LogP contribution in [0.2, 0.25) is 0 Å². The summed E-state index contributed by atoms with van der Waals surface area (Å²) in [5.74, 6) is -2.53. The van der Waals surface area contributed by atoms with Gasteiger partial charge in [-0.15, -0.1) is 0 Å². The Morgan fingerprint density at radius 3 is 2.33 bits per heavy atom. The maximum Gasteiger partial charge on any atom is 0.341 e. The molecule has 0 radical (unpaired) electrons. The molecule has 0 saturated heterocycles. The van der Waals surface area contributed by atoms with E-state index in [1.165, 1.54) is 12.1 Å². The van der Waals surface area contributed by atoms with Crippen LogP contribution in [0.3, 0.4) is 0 Å². The highest BCUT2D eigenvalue weighted by molar-refractivity contribution is 7.91. The van der Waals surface area contributed by atoms with Gasteiger partial charge in [-0.2, -0.15) is 8.78 Å². The number of hydrogen-bond acceptors (Lipinski definition) is 4. The Bertz CT molecular complexity index is 996. The van der Waals surface area contributed by atoms with Gasteiger partial charge in [-0.3, -0.25) is 0 Å². The zero-order valence-electron chi connectivity index (χ0n) is 13.0. The van der Waals surface area contributed by atoms with Gasteiger partial charge in [0.05, 0.1) is 15.9 Å². The van der Waals surface area contributed by atoms with Crippen molar-refractivity contribution in [2.75, 3.05) is 5.32 Å². The molecule has 24 heavy (non-hydrogen) atoms. The van der Waals surface area contributed by atoms with E-state index < -0.39 is 20.5 Å². The zero-order valence-corrected chi connectivity index (χ0v) is 13.8. The fourth-order valence-electron chi connectivity index (χ4n) is 2.40. The predicted octanol–water partition coefficient (Wildman–Crippen LogP) is 3.62. The molecule has 0 aliphatic carbocycles. The number of hydrogen-bond donors (Lipinski definition) is 1. The van der Waals surface area contributed by atoms with Crippen molar-refractivity contribution in [3.05, 3.63) is 48.3 Å². The molecule has 3 aromatic rings. The number of aryl methyl sites for hydroxylation is 2. The summed E-state index contributed by atoms with van der Waals surface area (Å²) in [6, 6.07) is 10.9. The minimum Gasteiger partial charge on any atom is -0.355 e. The van der Waals surface area contributed by atoms with Crippen LogP contribution in [0.25, 0.3) is 11.0 Å². The molecule has 0 spiro atoms. The highest BCUT2D eigenvalue weighted by Gasteiger charge is 2.26. The summed E-state index contributed by atoms with van der Waals surface area (Å²) < 4.78 is 49.8. The topological polar surface area (TPSA) is 64.0 Å². The highest BCUT2D eigenvalue weighted by atomic mass is 32.2. The molecular formula is C16H15F2N3O2S. The van der Waals surface area contributed by atoms with Crippen molar-refractivity contribution in [1.29, 1.82) is 0 Å². The summed E-state index contributed by atoms with van der Waals surface area (Å²) in [7, 11) is -2.64. The molecule has 0 saturated carbocycles. The molecule has 0 unspecified atom stereocenters. The first-order valence-corrected chi connectivity index (χ1v) is 8.66. The van der Waals surface area contributed by atoms with E-state index in [4.69, 9.17) is 0 Å². The SMILES string of the molecule is Cc1nc2cc(Nc3ccc(S(=O)(=O)C(F)F)cc3)ccc2n1C. The monoisotopic (exact) mass is 351 g/mol. The molecular weight excluding hydrogens is 336 g/mol. The Hall–Kier alpha value is -2.48. The lowest BCUT2D eigenvalue weighted by atomic mass is 10.2. The van der Waals surface area contributed by atoms with Crippen molar-refractivity contribution in [2.45, 2.75) is 17.6 Å². The summed E-state index contributed by atoms with van der Waals surface area (Å²) in [5.41, 5.74) is 3.19. The molecule has 1 heterocycles. The fraction of sp³-hybridized carbons (Fsp3) is 0.188. The van der Waals surface area contributed by atoms with Crippen LogP contribution in [0.1, 0.15) is 5.82 Å². The van der Waals surface area contributed by atoms with Gasteiger partial charge in [0.25, 0.3) is 0 Å². The van der Waals surface area contributed by atoms with Gasteiger partial charge in [-0.05, 0) is 49.4 Å². The number of aromatic nitrogens is 2. The van der Waals surface area contributed by atoms with Crippen molar-refractivity contribution in [3.63, 3.8) is 0 Å². The van der Waals surface area contributed by atoms with Crippen molar-refractivity contribution >= 4 is 32.2 Å². The van der Waals surface area contributed by atoms with E-state index >= 15 is 0 Å². The third-order valence-corrected chi connectivity index (χ3v) is 5.21. The lowest BCUT2D eigenvalue weighted by Gasteiger charge is -2.08. The van der Waals surface area contributed by atoms with Crippen molar-refractivity contribution in [1.82, 2.24) is 9.55 Å². The third kappa shape index (κ3) is 2.84. The summed E-state index contributed by atoms with van der Waals surface area (Å²) in [6.07, 6.45) is 0. The van der Waals surface area contributed by atoms with E-state index in [1.54, 1.807) is 0 Å². The molecule has 0 aliphatic rings. The van der Waals surface area contributed by atoms with Crippen molar-refractivity contribution < 1.29 is 17.2 Å². The number of rotatable bonds is 4. The largest absolute Gasteiger partial charge is 0.355 e. The van der Waals surface area contributed by atoms with Crippen LogP contribution in [-0.2, 0) is 16.9 Å². The number of anilines is 2. The second-order valence-corrected chi connectivity index (χ2v) is 7.29.